The molecule has 10 heteroatoms. The standard InChI is InChI=1S/C18H24N4O4S2/c1-6-25-16(23)13-10(3)14(17(24)26-7-2)28-15(13)20-18(27)19-8-12-9-22(5)21-11(12)4/h9H,6-8H2,1-5H3,(H2,19,20,27). The Labute approximate surface area is 173 Å². The molecule has 0 aliphatic rings. The summed E-state index contributed by atoms with van der Waals surface area (Å²) in [6.07, 6.45) is 1.91. The fourth-order valence-corrected chi connectivity index (χ4v) is 3.92. The van der Waals surface area contributed by atoms with Crippen LogP contribution < -0.4 is 10.6 Å². The van der Waals surface area contributed by atoms with Gasteiger partial charge in [-0.2, -0.15) is 5.10 Å². The zero-order valence-corrected chi connectivity index (χ0v) is 18.2. The molecule has 152 valence electrons. The molecule has 0 aromatic carbocycles. The van der Waals surface area contributed by atoms with Gasteiger partial charge in [-0.1, -0.05) is 0 Å². The zero-order valence-electron chi connectivity index (χ0n) is 16.5. The van der Waals surface area contributed by atoms with Gasteiger partial charge in [-0.25, -0.2) is 9.59 Å². The minimum atomic E-state index is -0.514. The van der Waals surface area contributed by atoms with Gasteiger partial charge < -0.3 is 20.1 Å². The fraction of sp³-hybridized carbons (Fsp3) is 0.444. The average Bonchev–Trinajstić information content (AvgIpc) is 3.12. The van der Waals surface area contributed by atoms with Crippen LogP contribution in [0.2, 0.25) is 0 Å². The number of nitrogens with zero attached hydrogens (tertiary/aromatic N) is 2. The molecule has 28 heavy (non-hydrogen) atoms. The van der Waals surface area contributed by atoms with E-state index in [0.717, 1.165) is 22.6 Å². The van der Waals surface area contributed by atoms with Crippen molar-refractivity contribution in [2.75, 3.05) is 18.5 Å². The Morgan fingerprint density at radius 3 is 2.43 bits per heavy atom. The molecule has 2 rings (SSSR count). The van der Waals surface area contributed by atoms with E-state index < -0.39 is 11.9 Å². The molecule has 0 amide bonds. The van der Waals surface area contributed by atoms with Crippen molar-refractivity contribution < 1.29 is 19.1 Å². The third kappa shape index (κ3) is 5.08. The van der Waals surface area contributed by atoms with Gasteiger partial charge in [-0.3, -0.25) is 4.68 Å². The SMILES string of the molecule is CCOC(=O)c1sc(NC(=S)NCc2cn(C)nc2C)c(C(=O)OCC)c1C. The number of thiophene rings is 1. The van der Waals surface area contributed by atoms with Crippen molar-refractivity contribution in [2.45, 2.75) is 34.2 Å². The molecule has 2 aromatic heterocycles. The second-order valence-corrected chi connectivity index (χ2v) is 7.35. The summed E-state index contributed by atoms with van der Waals surface area (Å²) in [6, 6.07) is 0. The molecule has 2 heterocycles. The number of hydrogen-bond donors (Lipinski definition) is 2. The number of carbonyl (C=O) groups is 2. The number of anilines is 1. The van der Waals surface area contributed by atoms with Crippen molar-refractivity contribution in [1.82, 2.24) is 15.1 Å². The normalized spacial score (nSPS) is 10.5. The Hall–Kier alpha value is -2.46. The van der Waals surface area contributed by atoms with E-state index in [0.29, 0.717) is 27.1 Å². The third-order valence-electron chi connectivity index (χ3n) is 3.87. The second kappa shape index (κ2) is 9.65. The predicted molar refractivity (Wildman–Crippen MR) is 112 cm³/mol. The second-order valence-electron chi connectivity index (χ2n) is 5.92. The molecule has 0 saturated carbocycles. The lowest BCUT2D eigenvalue weighted by atomic mass is 10.1. The zero-order chi connectivity index (χ0) is 20.8. The molecule has 2 N–H and O–H groups in total. The molecule has 0 fully saturated rings. The van der Waals surface area contributed by atoms with Gasteiger partial charge in [0, 0.05) is 25.4 Å². The summed E-state index contributed by atoms with van der Waals surface area (Å²) < 4.78 is 11.9. The first kappa shape index (κ1) is 21.8. The molecule has 0 saturated heterocycles. The van der Waals surface area contributed by atoms with Crippen molar-refractivity contribution in [1.29, 1.82) is 0 Å². The Bertz CT molecular complexity index is 889. The first-order valence-electron chi connectivity index (χ1n) is 8.80. The number of rotatable bonds is 7. The minimum absolute atomic E-state index is 0.227. The van der Waals surface area contributed by atoms with E-state index in [1.165, 1.54) is 0 Å². The van der Waals surface area contributed by atoms with Gasteiger partial charge in [0.2, 0.25) is 0 Å². The first-order chi connectivity index (χ1) is 13.3. The maximum Gasteiger partial charge on any atom is 0.348 e. The van der Waals surface area contributed by atoms with Crippen LogP contribution in [0.5, 0.6) is 0 Å². The monoisotopic (exact) mass is 424 g/mol. The third-order valence-corrected chi connectivity index (χ3v) is 5.30. The van der Waals surface area contributed by atoms with Crippen LogP contribution in [0.4, 0.5) is 5.00 Å². The molecular weight excluding hydrogens is 400 g/mol. The summed E-state index contributed by atoms with van der Waals surface area (Å²) >= 11 is 6.47. The number of nitrogens with one attached hydrogen (secondary N) is 2. The van der Waals surface area contributed by atoms with Gasteiger partial charge in [0.1, 0.15) is 9.88 Å². The number of esters is 2. The van der Waals surface area contributed by atoms with E-state index in [1.54, 1.807) is 25.5 Å². The summed E-state index contributed by atoms with van der Waals surface area (Å²) in [5.41, 5.74) is 2.71. The summed E-state index contributed by atoms with van der Waals surface area (Å²) in [6.45, 7) is 8.02. The highest BCUT2D eigenvalue weighted by Gasteiger charge is 2.26. The van der Waals surface area contributed by atoms with Gasteiger partial charge >= 0.3 is 11.9 Å². The molecular formula is C18H24N4O4S2. The number of hydrogen-bond acceptors (Lipinski definition) is 7. The van der Waals surface area contributed by atoms with Crippen molar-refractivity contribution in [2.24, 2.45) is 7.05 Å². The predicted octanol–water partition coefficient (Wildman–Crippen LogP) is 2.94. The van der Waals surface area contributed by atoms with Crippen molar-refractivity contribution in [3.8, 4) is 0 Å². The number of carbonyl (C=O) groups excluding carboxylic acids is 2. The van der Waals surface area contributed by atoms with Gasteiger partial charge in [-0.15, -0.1) is 11.3 Å². The molecule has 8 nitrogen and oxygen atoms in total. The van der Waals surface area contributed by atoms with Crippen LogP contribution in [0.25, 0.3) is 0 Å². The van der Waals surface area contributed by atoms with E-state index in [4.69, 9.17) is 21.7 Å². The number of ether oxygens (including phenoxy) is 2. The molecule has 0 spiro atoms. The van der Waals surface area contributed by atoms with Crippen LogP contribution >= 0.6 is 23.6 Å². The minimum Gasteiger partial charge on any atom is -0.462 e. The van der Waals surface area contributed by atoms with Crippen LogP contribution in [0.15, 0.2) is 6.20 Å². The lowest BCUT2D eigenvalue weighted by Crippen LogP contribution is -2.28. The fourth-order valence-electron chi connectivity index (χ4n) is 2.59. The summed E-state index contributed by atoms with van der Waals surface area (Å²) in [5, 5.41) is 11.1. The molecule has 0 bridgehead atoms. The van der Waals surface area contributed by atoms with E-state index in [2.05, 4.69) is 15.7 Å². The Morgan fingerprint density at radius 1 is 1.21 bits per heavy atom. The van der Waals surface area contributed by atoms with E-state index in [9.17, 15) is 9.59 Å². The van der Waals surface area contributed by atoms with Crippen LogP contribution in [0.1, 0.15) is 50.7 Å². The number of thiocarbonyl (C=S) groups is 1. The summed E-state index contributed by atoms with van der Waals surface area (Å²) in [5.74, 6) is -0.992. The summed E-state index contributed by atoms with van der Waals surface area (Å²) in [7, 11) is 1.85. The lowest BCUT2D eigenvalue weighted by molar-refractivity contribution is 0.0527. The van der Waals surface area contributed by atoms with E-state index in [1.807, 2.05) is 20.2 Å². The van der Waals surface area contributed by atoms with Crippen LogP contribution in [0.3, 0.4) is 0 Å². The van der Waals surface area contributed by atoms with Gasteiger partial charge in [0.05, 0.1) is 24.5 Å². The van der Waals surface area contributed by atoms with Gasteiger partial charge in [-0.05, 0) is 45.5 Å². The Balaban J connectivity index is 2.21. The van der Waals surface area contributed by atoms with Gasteiger partial charge in [0.15, 0.2) is 5.11 Å². The first-order valence-corrected chi connectivity index (χ1v) is 10.0. The topological polar surface area (TPSA) is 94.5 Å². The molecule has 0 aliphatic carbocycles. The lowest BCUT2D eigenvalue weighted by Gasteiger charge is -2.10. The van der Waals surface area contributed by atoms with Crippen molar-refractivity contribution >= 4 is 45.6 Å². The average molecular weight is 425 g/mol. The van der Waals surface area contributed by atoms with Crippen molar-refractivity contribution in [3.63, 3.8) is 0 Å². The number of aryl methyl sites for hydroxylation is 2. The highest BCUT2D eigenvalue weighted by molar-refractivity contribution is 7.80. The van der Waals surface area contributed by atoms with Crippen LogP contribution in [-0.4, -0.2) is 40.0 Å². The van der Waals surface area contributed by atoms with Crippen LogP contribution in [-0.2, 0) is 23.1 Å². The Kier molecular flexibility index (Phi) is 7.53. The molecule has 0 unspecified atom stereocenters. The molecule has 0 aliphatic heterocycles. The Morgan fingerprint density at radius 2 is 1.86 bits per heavy atom. The smallest absolute Gasteiger partial charge is 0.348 e. The highest BCUT2D eigenvalue weighted by Crippen LogP contribution is 2.34. The summed E-state index contributed by atoms with van der Waals surface area (Å²) in [4.78, 5) is 25.0. The largest absolute Gasteiger partial charge is 0.462 e. The molecule has 0 atom stereocenters. The molecule has 0 radical (unpaired) electrons. The molecule has 2 aromatic rings. The highest BCUT2D eigenvalue weighted by atomic mass is 32.1. The maximum absolute atomic E-state index is 12.4. The van der Waals surface area contributed by atoms with Gasteiger partial charge in [0.25, 0.3) is 0 Å². The maximum atomic E-state index is 12.4. The number of aromatic nitrogens is 2. The van der Waals surface area contributed by atoms with Crippen LogP contribution in [0, 0.1) is 13.8 Å². The van der Waals surface area contributed by atoms with E-state index >= 15 is 0 Å². The van der Waals surface area contributed by atoms with Crippen molar-refractivity contribution in [3.05, 3.63) is 33.5 Å². The van der Waals surface area contributed by atoms with E-state index in [-0.39, 0.29) is 18.8 Å². The quantitative estimate of drug-likeness (QED) is 0.518.